The number of hydrogen-bond acceptors (Lipinski definition) is 2. The van der Waals surface area contributed by atoms with Crippen molar-refractivity contribution in [2.45, 2.75) is 52.1 Å². The molecule has 1 saturated carbocycles. The molecule has 208 valence electrons. The molecular weight excluding hydrogens is 518 g/mol. The Labute approximate surface area is 230 Å². The number of carbonyl (C=O) groups is 1. The van der Waals surface area contributed by atoms with Crippen LogP contribution >= 0.6 is 0 Å². The molecule has 1 aromatic heterocycles. The maximum absolute atomic E-state index is 14.3. The van der Waals surface area contributed by atoms with E-state index < -0.39 is 35.3 Å². The molecule has 3 aliphatic rings. The quantitative estimate of drug-likeness (QED) is 0.268. The maximum atomic E-state index is 14.3. The van der Waals surface area contributed by atoms with Gasteiger partial charge in [0.05, 0.1) is 29.4 Å². The summed E-state index contributed by atoms with van der Waals surface area (Å²) < 4.78 is 58.3. The van der Waals surface area contributed by atoms with Crippen LogP contribution in [0.3, 0.4) is 0 Å². The van der Waals surface area contributed by atoms with Crippen molar-refractivity contribution in [3.63, 3.8) is 0 Å². The minimum Gasteiger partial charge on any atom is -0.326 e. The Morgan fingerprint density at radius 2 is 1.95 bits per heavy atom. The van der Waals surface area contributed by atoms with Crippen molar-refractivity contribution < 1.29 is 22.4 Å². The molecule has 3 aromatic rings. The summed E-state index contributed by atoms with van der Waals surface area (Å²) in [7, 11) is 0. The van der Waals surface area contributed by atoms with Gasteiger partial charge in [0.2, 0.25) is 5.91 Å². The van der Waals surface area contributed by atoms with Crippen LogP contribution in [0, 0.1) is 29.0 Å². The van der Waals surface area contributed by atoms with Crippen LogP contribution < -0.4 is 5.32 Å². The summed E-state index contributed by atoms with van der Waals surface area (Å²) in [6.07, 6.45) is 3.34. The minimum absolute atomic E-state index is 0.215. The van der Waals surface area contributed by atoms with Gasteiger partial charge in [-0.2, -0.15) is 18.3 Å². The predicted octanol–water partition coefficient (Wildman–Crippen LogP) is 7.69. The molecule has 40 heavy (non-hydrogen) atoms. The molecule has 6 rings (SSSR count). The number of aromatic nitrogens is 2. The van der Waals surface area contributed by atoms with Gasteiger partial charge in [0.25, 0.3) is 0 Å². The van der Waals surface area contributed by atoms with Crippen LogP contribution in [0.15, 0.2) is 72.0 Å². The summed E-state index contributed by atoms with van der Waals surface area (Å²) in [5.74, 6) is -4.34. The zero-order chi connectivity index (χ0) is 28.2. The Morgan fingerprint density at radius 3 is 2.67 bits per heavy atom. The number of rotatable bonds is 4. The highest BCUT2D eigenvalue weighted by molar-refractivity contribution is 5.93. The van der Waals surface area contributed by atoms with Crippen molar-refractivity contribution in [2.24, 2.45) is 23.2 Å². The number of allylic oxidation sites excluding steroid dienone is 3. The number of hydrogen-bond donors (Lipinski definition) is 1. The van der Waals surface area contributed by atoms with E-state index in [1.807, 2.05) is 25.1 Å². The van der Waals surface area contributed by atoms with E-state index in [1.165, 1.54) is 12.1 Å². The highest BCUT2D eigenvalue weighted by Crippen LogP contribution is 2.59. The summed E-state index contributed by atoms with van der Waals surface area (Å²) in [6.45, 7) is 4.08. The highest BCUT2D eigenvalue weighted by Gasteiger charge is 2.56. The molecule has 0 bridgehead atoms. The molecule has 0 saturated heterocycles. The fourth-order valence-electron chi connectivity index (χ4n) is 7.03. The van der Waals surface area contributed by atoms with Crippen molar-refractivity contribution >= 4 is 17.7 Å². The molecule has 0 radical (unpaired) electrons. The second kappa shape index (κ2) is 9.75. The first-order chi connectivity index (χ1) is 19.1. The third-order valence-corrected chi connectivity index (χ3v) is 9.07. The Morgan fingerprint density at radius 1 is 1.18 bits per heavy atom. The standard InChI is InChI=1S/C32H31F4N3O/c1-3-19-5-4-6-23(15-19)38-30(40)29-25-12-7-21-16-28-20(18-37-39(28)24-10-8-22(33)9-11-24)17-31(21,2)26(25)13-14-27(29)32(34,35)36/h4-6,8-11,13,15-16,18,25,27,29H,3,7,12,14,17H2,1-2H3,(H,38,40)/t25-,27+,29+,31-/m0/s1. The fraction of sp³-hybridized carbons (Fsp3) is 0.375. The molecule has 0 spiro atoms. The van der Waals surface area contributed by atoms with Gasteiger partial charge in [0.15, 0.2) is 0 Å². The van der Waals surface area contributed by atoms with Crippen molar-refractivity contribution in [3.05, 3.63) is 94.6 Å². The Balaban J connectivity index is 1.35. The Kier molecular flexibility index (Phi) is 6.47. The van der Waals surface area contributed by atoms with Gasteiger partial charge in [-0.15, -0.1) is 0 Å². The van der Waals surface area contributed by atoms with E-state index >= 15 is 0 Å². The number of nitrogens with zero attached hydrogens (tertiary/aromatic N) is 2. The van der Waals surface area contributed by atoms with E-state index in [0.717, 1.165) is 40.1 Å². The molecule has 1 amide bonds. The van der Waals surface area contributed by atoms with Crippen LogP contribution in [0.5, 0.6) is 0 Å². The molecule has 1 fully saturated rings. The summed E-state index contributed by atoms with van der Waals surface area (Å²) in [5, 5.41) is 7.38. The van der Waals surface area contributed by atoms with Crippen molar-refractivity contribution in [2.75, 3.05) is 5.32 Å². The van der Waals surface area contributed by atoms with Crippen molar-refractivity contribution in [3.8, 4) is 5.69 Å². The zero-order valence-corrected chi connectivity index (χ0v) is 22.4. The largest absolute Gasteiger partial charge is 0.392 e. The number of nitrogens with one attached hydrogen (secondary N) is 1. The van der Waals surface area contributed by atoms with Crippen molar-refractivity contribution in [1.29, 1.82) is 0 Å². The molecule has 4 atom stereocenters. The second-order valence-corrected chi connectivity index (χ2v) is 11.4. The number of amides is 1. The number of aryl methyl sites for hydroxylation is 1. The third-order valence-electron chi connectivity index (χ3n) is 9.07. The second-order valence-electron chi connectivity index (χ2n) is 11.4. The van der Waals surface area contributed by atoms with Crippen LogP contribution in [0.4, 0.5) is 23.2 Å². The molecule has 4 nitrogen and oxygen atoms in total. The molecule has 0 aliphatic heterocycles. The highest BCUT2D eigenvalue weighted by atomic mass is 19.4. The van der Waals surface area contributed by atoms with E-state index in [2.05, 4.69) is 23.4 Å². The van der Waals surface area contributed by atoms with Crippen LogP contribution in [0.25, 0.3) is 11.8 Å². The lowest BCUT2D eigenvalue weighted by Gasteiger charge is -2.50. The van der Waals surface area contributed by atoms with Gasteiger partial charge in [0, 0.05) is 11.1 Å². The minimum atomic E-state index is -4.48. The lowest BCUT2D eigenvalue weighted by atomic mass is 9.54. The molecule has 8 heteroatoms. The molecule has 3 aliphatic carbocycles. The fourth-order valence-corrected chi connectivity index (χ4v) is 7.03. The summed E-state index contributed by atoms with van der Waals surface area (Å²) in [4.78, 5) is 13.6. The first-order valence-electron chi connectivity index (χ1n) is 13.8. The van der Waals surface area contributed by atoms with Crippen LogP contribution in [0.2, 0.25) is 0 Å². The number of benzene rings is 2. The van der Waals surface area contributed by atoms with E-state index in [4.69, 9.17) is 0 Å². The van der Waals surface area contributed by atoms with Gasteiger partial charge >= 0.3 is 6.18 Å². The van der Waals surface area contributed by atoms with E-state index in [1.54, 1.807) is 35.2 Å². The first-order valence-corrected chi connectivity index (χ1v) is 13.8. The average molecular weight is 550 g/mol. The SMILES string of the molecule is CCc1cccc(NC(=O)[C@H]2[C@H](C(F)(F)F)CC=C3[C@@H]2CCC2=Cc4c(cnn4-c4ccc(F)cc4)C[C@@]23C)c1. The summed E-state index contributed by atoms with van der Waals surface area (Å²) in [6, 6.07) is 13.4. The van der Waals surface area contributed by atoms with Crippen molar-refractivity contribution in [1.82, 2.24) is 9.78 Å². The lowest BCUT2D eigenvalue weighted by Crippen LogP contribution is -2.49. The van der Waals surface area contributed by atoms with Crippen LogP contribution in [-0.4, -0.2) is 21.9 Å². The predicted molar refractivity (Wildman–Crippen MR) is 146 cm³/mol. The van der Waals surface area contributed by atoms with Crippen LogP contribution in [-0.2, 0) is 17.6 Å². The Bertz CT molecular complexity index is 1520. The summed E-state index contributed by atoms with van der Waals surface area (Å²) in [5.41, 5.74) is 5.72. The normalized spacial score (nSPS) is 25.7. The number of halogens is 4. The third kappa shape index (κ3) is 4.47. The van der Waals surface area contributed by atoms with Crippen LogP contribution in [0.1, 0.15) is 49.9 Å². The zero-order valence-electron chi connectivity index (χ0n) is 22.4. The molecule has 2 aromatic carbocycles. The first kappa shape index (κ1) is 26.5. The smallest absolute Gasteiger partial charge is 0.326 e. The molecule has 1 N–H and O–H groups in total. The van der Waals surface area contributed by atoms with E-state index in [9.17, 15) is 22.4 Å². The van der Waals surface area contributed by atoms with E-state index in [-0.39, 0.29) is 12.2 Å². The van der Waals surface area contributed by atoms with E-state index in [0.29, 0.717) is 24.9 Å². The molecular formula is C32H31F4N3O. The van der Waals surface area contributed by atoms with Gasteiger partial charge < -0.3 is 5.32 Å². The number of anilines is 1. The monoisotopic (exact) mass is 549 g/mol. The number of fused-ring (bicyclic) bond motifs is 4. The molecule has 0 unspecified atom stereocenters. The number of carbonyl (C=O) groups excluding carboxylic acids is 1. The van der Waals surface area contributed by atoms with Gasteiger partial charge in [-0.1, -0.05) is 43.2 Å². The average Bonchev–Trinajstić information content (AvgIpc) is 3.33. The van der Waals surface area contributed by atoms with Gasteiger partial charge in [-0.25, -0.2) is 9.07 Å². The number of alkyl halides is 3. The Hall–Kier alpha value is -3.68. The maximum Gasteiger partial charge on any atom is 0.392 e. The van der Waals surface area contributed by atoms with Gasteiger partial charge in [-0.05, 0) is 91.6 Å². The lowest BCUT2D eigenvalue weighted by molar-refractivity contribution is -0.196. The topological polar surface area (TPSA) is 46.9 Å². The summed E-state index contributed by atoms with van der Waals surface area (Å²) >= 11 is 0. The molecule has 1 heterocycles. The van der Waals surface area contributed by atoms with Gasteiger partial charge in [-0.3, -0.25) is 4.79 Å². The van der Waals surface area contributed by atoms with Gasteiger partial charge in [0.1, 0.15) is 5.82 Å².